The highest BCUT2D eigenvalue weighted by atomic mass is 19.1. The van der Waals surface area contributed by atoms with E-state index < -0.39 is 0 Å². The molecule has 0 saturated carbocycles. The van der Waals surface area contributed by atoms with Crippen molar-refractivity contribution in [3.63, 3.8) is 0 Å². The maximum Gasteiger partial charge on any atom is 0.163 e. The van der Waals surface area contributed by atoms with Crippen LogP contribution in [0.1, 0.15) is 29.8 Å². The second-order valence-corrected chi connectivity index (χ2v) is 6.45. The van der Waals surface area contributed by atoms with Crippen LogP contribution in [-0.2, 0) is 0 Å². The number of rotatable bonds is 1. The number of hydrogen-bond donors (Lipinski definition) is 0. The Kier molecular flexibility index (Phi) is 3.35. The van der Waals surface area contributed by atoms with E-state index in [9.17, 15) is 4.39 Å². The van der Waals surface area contributed by atoms with Crippen molar-refractivity contribution in [2.24, 2.45) is 4.99 Å². The van der Waals surface area contributed by atoms with Gasteiger partial charge in [0.15, 0.2) is 11.5 Å². The second-order valence-electron chi connectivity index (χ2n) is 6.45. The number of ether oxygens (including phenoxy) is 2. The lowest BCUT2D eigenvalue weighted by molar-refractivity contribution is 0.171. The van der Waals surface area contributed by atoms with Gasteiger partial charge >= 0.3 is 0 Å². The van der Waals surface area contributed by atoms with E-state index in [0.29, 0.717) is 24.5 Å². The monoisotopic (exact) mass is 348 g/mol. The summed E-state index contributed by atoms with van der Waals surface area (Å²) in [5, 5.41) is 0. The number of halogens is 1. The van der Waals surface area contributed by atoms with Crippen molar-refractivity contribution in [1.29, 1.82) is 0 Å². The number of hydrogen-bond acceptors (Lipinski definition) is 3. The van der Waals surface area contributed by atoms with Gasteiger partial charge < -0.3 is 14.0 Å². The summed E-state index contributed by atoms with van der Waals surface area (Å²) in [6, 6.07) is 14.5. The van der Waals surface area contributed by atoms with Crippen molar-refractivity contribution in [3.05, 3.63) is 77.4 Å². The maximum absolute atomic E-state index is 14.5. The Morgan fingerprint density at radius 3 is 2.62 bits per heavy atom. The van der Waals surface area contributed by atoms with Gasteiger partial charge in [-0.1, -0.05) is 12.1 Å². The largest absolute Gasteiger partial charge is 0.486 e. The Labute approximate surface area is 150 Å². The Morgan fingerprint density at radius 2 is 1.81 bits per heavy atom. The molecule has 5 rings (SSSR count). The molecule has 0 unspecified atom stereocenters. The van der Waals surface area contributed by atoms with Crippen LogP contribution >= 0.6 is 0 Å². The SMILES string of the molecule is C[C@@H]1N=C(c2ccccc2F)c2cccn2-c2cc3c(cc21)OCCO3. The molecular weight excluding hydrogens is 331 g/mol. The average Bonchev–Trinajstić information content (AvgIpc) is 3.11. The Hall–Kier alpha value is -3.08. The molecule has 3 heterocycles. The fraction of sp³-hybridized carbons (Fsp3) is 0.190. The molecule has 3 aromatic rings. The lowest BCUT2D eigenvalue weighted by Crippen LogP contribution is -2.16. The minimum atomic E-state index is -0.275. The van der Waals surface area contributed by atoms with E-state index >= 15 is 0 Å². The fourth-order valence-corrected chi connectivity index (χ4v) is 3.61. The minimum Gasteiger partial charge on any atom is -0.486 e. The standard InChI is InChI=1S/C21H17FN2O2/c1-13-15-11-19-20(26-10-9-25-19)12-18(15)24-8-4-7-17(24)21(23-13)14-5-2-3-6-16(14)22/h2-8,11-13H,9-10H2,1H3/t13-/m0/s1. The summed E-state index contributed by atoms with van der Waals surface area (Å²) in [4.78, 5) is 4.87. The minimum absolute atomic E-state index is 0.143. The fourth-order valence-electron chi connectivity index (χ4n) is 3.61. The second kappa shape index (κ2) is 5.73. The molecule has 0 saturated heterocycles. The summed E-state index contributed by atoms with van der Waals surface area (Å²) in [6.45, 7) is 3.09. The molecule has 0 fully saturated rings. The predicted molar refractivity (Wildman–Crippen MR) is 97.2 cm³/mol. The van der Waals surface area contributed by atoms with Crippen LogP contribution in [0.4, 0.5) is 4.39 Å². The zero-order valence-corrected chi connectivity index (χ0v) is 14.3. The van der Waals surface area contributed by atoms with Gasteiger partial charge in [0.05, 0.1) is 23.1 Å². The van der Waals surface area contributed by atoms with E-state index in [-0.39, 0.29) is 11.9 Å². The van der Waals surface area contributed by atoms with E-state index in [2.05, 4.69) is 0 Å². The van der Waals surface area contributed by atoms with Crippen LogP contribution in [0.25, 0.3) is 5.69 Å². The van der Waals surface area contributed by atoms with Crippen molar-refractivity contribution in [3.8, 4) is 17.2 Å². The van der Waals surface area contributed by atoms with E-state index in [4.69, 9.17) is 14.5 Å². The van der Waals surface area contributed by atoms with E-state index in [0.717, 1.165) is 28.4 Å². The van der Waals surface area contributed by atoms with Gasteiger partial charge in [0.25, 0.3) is 0 Å². The first kappa shape index (κ1) is 15.2. The average molecular weight is 348 g/mol. The molecule has 2 aromatic carbocycles. The number of benzene rings is 2. The normalized spacial score (nSPS) is 17.8. The van der Waals surface area contributed by atoms with Crippen LogP contribution in [0.2, 0.25) is 0 Å². The first-order valence-electron chi connectivity index (χ1n) is 8.67. The van der Waals surface area contributed by atoms with Crippen LogP contribution in [0.5, 0.6) is 11.5 Å². The first-order valence-corrected chi connectivity index (χ1v) is 8.67. The lowest BCUT2D eigenvalue weighted by atomic mass is 10.0. The van der Waals surface area contributed by atoms with Gasteiger partial charge in [-0.05, 0) is 37.3 Å². The van der Waals surface area contributed by atoms with Gasteiger partial charge in [0, 0.05) is 23.4 Å². The van der Waals surface area contributed by atoms with E-state index in [1.807, 2.05) is 48.0 Å². The molecule has 26 heavy (non-hydrogen) atoms. The quantitative estimate of drug-likeness (QED) is 0.657. The van der Waals surface area contributed by atoms with Gasteiger partial charge in [-0.3, -0.25) is 4.99 Å². The van der Waals surface area contributed by atoms with Crippen molar-refractivity contribution in [2.75, 3.05) is 13.2 Å². The molecular formula is C21H17FN2O2. The molecule has 2 aliphatic heterocycles. The zero-order chi connectivity index (χ0) is 17.7. The number of fused-ring (bicyclic) bond motifs is 4. The van der Waals surface area contributed by atoms with Gasteiger partial charge in [-0.2, -0.15) is 0 Å². The Morgan fingerprint density at radius 1 is 1.04 bits per heavy atom. The van der Waals surface area contributed by atoms with E-state index in [1.165, 1.54) is 6.07 Å². The van der Waals surface area contributed by atoms with Crippen molar-refractivity contribution < 1.29 is 13.9 Å². The molecule has 130 valence electrons. The summed E-state index contributed by atoms with van der Waals surface area (Å²) >= 11 is 0. The number of aliphatic imine (C=N–C) groups is 1. The molecule has 0 spiro atoms. The molecule has 4 nitrogen and oxygen atoms in total. The summed E-state index contributed by atoms with van der Waals surface area (Å²) in [7, 11) is 0. The molecule has 0 radical (unpaired) electrons. The third-order valence-corrected chi connectivity index (χ3v) is 4.84. The highest BCUT2D eigenvalue weighted by Gasteiger charge is 2.26. The summed E-state index contributed by atoms with van der Waals surface area (Å²) in [6.07, 6.45) is 1.97. The molecule has 0 aliphatic carbocycles. The van der Waals surface area contributed by atoms with Crippen LogP contribution in [0.15, 0.2) is 59.7 Å². The van der Waals surface area contributed by atoms with Crippen LogP contribution in [0.3, 0.4) is 0 Å². The van der Waals surface area contributed by atoms with E-state index in [1.54, 1.807) is 12.1 Å². The number of nitrogens with zero attached hydrogens (tertiary/aromatic N) is 2. The Bertz CT molecular complexity index is 1040. The molecule has 1 aromatic heterocycles. The summed E-state index contributed by atoms with van der Waals surface area (Å²) < 4.78 is 28.0. The summed E-state index contributed by atoms with van der Waals surface area (Å²) in [5.74, 6) is 1.19. The van der Waals surface area contributed by atoms with Gasteiger partial charge in [0.1, 0.15) is 19.0 Å². The molecule has 5 heteroatoms. The van der Waals surface area contributed by atoms with Crippen molar-refractivity contribution in [1.82, 2.24) is 4.57 Å². The highest BCUT2D eigenvalue weighted by molar-refractivity contribution is 6.13. The topological polar surface area (TPSA) is 35.8 Å². The van der Waals surface area contributed by atoms with Crippen LogP contribution < -0.4 is 9.47 Å². The van der Waals surface area contributed by atoms with Crippen molar-refractivity contribution in [2.45, 2.75) is 13.0 Å². The third kappa shape index (κ3) is 2.24. The molecule has 0 amide bonds. The van der Waals surface area contributed by atoms with Crippen molar-refractivity contribution >= 4 is 5.71 Å². The molecule has 1 atom stereocenters. The van der Waals surface area contributed by atoms with Gasteiger partial charge in [-0.25, -0.2) is 4.39 Å². The zero-order valence-electron chi connectivity index (χ0n) is 14.3. The number of aromatic nitrogens is 1. The summed E-state index contributed by atoms with van der Waals surface area (Å²) in [5.41, 5.74) is 4.02. The molecule has 0 N–H and O–H groups in total. The molecule has 0 bridgehead atoms. The first-order chi connectivity index (χ1) is 12.7. The lowest BCUT2D eigenvalue weighted by Gasteiger charge is -2.22. The van der Waals surface area contributed by atoms with Crippen LogP contribution in [-0.4, -0.2) is 23.5 Å². The Balaban J connectivity index is 1.76. The predicted octanol–water partition coefficient (Wildman–Crippen LogP) is 4.30. The maximum atomic E-state index is 14.5. The van der Waals surface area contributed by atoms with Crippen LogP contribution in [0, 0.1) is 5.82 Å². The molecule has 2 aliphatic rings. The highest BCUT2D eigenvalue weighted by Crippen LogP contribution is 2.40. The van der Waals surface area contributed by atoms with Gasteiger partial charge in [-0.15, -0.1) is 0 Å². The smallest absolute Gasteiger partial charge is 0.163 e. The van der Waals surface area contributed by atoms with Gasteiger partial charge in [0.2, 0.25) is 0 Å². The third-order valence-electron chi connectivity index (χ3n) is 4.84.